The van der Waals surface area contributed by atoms with E-state index in [9.17, 15) is 0 Å². The van der Waals surface area contributed by atoms with Crippen molar-refractivity contribution in [3.05, 3.63) is 209 Å². The zero-order valence-corrected chi connectivity index (χ0v) is 29.7. The smallest absolute Gasteiger partial charge is 0.145 e. The lowest BCUT2D eigenvalue weighted by molar-refractivity contribution is -0.00830. The van der Waals surface area contributed by atoms with Crippen molar-refractivity contribution >= 4 is 33.2 Å². The fourth-order valence-electron chi connectivity index (χ4n) is 7.51. The molecule has 0 bridgehead atoms. The monoisotopic (exact) mass is 704 g/mol. The molecule has 6 aromatic carbocycles. The lowest BCUT2D eigenvalue weighted by Gasteiger charge is -2.29. The van der Waals surface area contributed by atoms with E-state index in [0.717, 1.165) is 84.3 Å². The molecule has 4 atom stereocenters. The first kappa shape index (κ1) is 33.5. The maximum Gasteiger partial charge on any atom is 0.145 e. The lowest BCUT2D eigenvalue weighted by Crippen LogP contribution is -2.29. The Morgan fingerprint density at radius 2 is 1.31 bits per heavy atom. The molecule has 0 fully saturated rings. The molecule has 1 aliphatic carbocycles. The third-order valence-electron chi connectivity index (χ3n) is 10.3. The summed E-state index contributed by atoms with van der Waals surface area (Å²) in [5.41, 5.74) is 24.9. The van der Waals surface area contributed by atoms with E-state index >= 15 is 0 Å². The molecule has 0 saturated carbocycles. The highest BCUT2D eigenvalue weighted by Gasteiger charge is 2.25. The Morgan fingerprint density at radius 3 is 2.07 bits per heavy atom. The van der Waals surface area contributed by atoms with Gasteiger partial charge >= 0.3 is 0 Å². The third kappa shape index (κ3) is 6.59. The Kier molecular flexibility index (Phi) is 9.07. The van der Waals surface area contributed by atoms with Gasteiger partial charge in [0.2, 0.25) is 0 Å². The average Bonchev–Trinajstić information content (AvgIpc) is 3.64. The number of ether oxygens (including phenoxy) is 1. The van der Waals surface area contributed by atoms with E-state index in [1.807, 2.05) is 66.7 Å². The summed E-state index contributed by atoms with van der Waals surface area (Å²) in [6, 6.07) is 51.4. The molecule has 54 heavy (non-hydrogen) atoms. The van der Waals surface area contributed by atoms with Crippen LogP contribution >= 0.6 is 0 Å². The summed E-state index contributed by atoms with van der Waals surface area (Å²) in [5.74, 6) is 0.124. The van der Waals surface area contributed by atoms with Crippen LogP contribution in [0.3, 0.4) is 0 Å². The molecule has 0 spiro atoms. The van der Waals surface area contributed by atoms with E-state index < -0.39 is 12.5 Å². The molecule has 9 rings (SSSR count). The van der Waals surface area contributed by atoms with Crippen LogP contribution in [0.5, 0.6) is 0 Å². The van der Waals surface area contributed by atoms with Crippen LogP contribution in [0.2, 0.25) is 0 Å². The first-order valence-corrected chi connectivity index (χ1v) is 18.4. The van der Waals surface area contributed by atoms with Gasteiger partial charge in [0.15, 0.2) is 0 Å². The van der Waals surface area contributed by atoms with Crippen molar-refractivity contribution < 1.29 is 9.15 Å². The van der Waals surface area contributed by atoms with Crippen LogP contribution in [0.25, 0.3) is 38.6 Å². The van der Waals surface area contributed by atoms with Gasteiger partial charge in [-0.2, -0.15) is 0 Å². The van der Waals surface area contributed by atoms with E-state index in [4.69, 9.17) is 25.6 Å². The van der Waals surface area contributed by atoms with Crippen molar-refractivity contribution in [1.82, 2.24) is 5.32 Å². The largest absolute Gasteiger partial charge is 0.455 e. The molecule has 2 heterocycles. The molecule has 0 amide bonds. The summed E-state index contributed by atoms with van der Waals surface area (Å²) in [6.07, 6.45) is 8.47. The van der Waals surface area contributed by atoms with Gasteiger partial charge in [-0.1, -0.05) is 158 Å². The number of nitrogens with one attached hydrogen (secondary N) is 1. The zero-order chi connectivity index (χ0) is 36.4. The van der Waals surface area contributed by atoms with Gasteiger partial charge in [0.1, 0.15) is 29.8 Å². The van der Waals surface area contributed by atoms with Crippen LogP contribution in [0.15, 0.2) is 191 Å². The fourth-order valence-corrected chi connectivity index (χ4v) is 7.51. The summed E-state index contributed by atoms with van der Waals surface area (Å²) in [7, 11) is 0. The third-order valence-corrected chi connectivity index (χ3v) is 10.3. The molecule has 5 N–H and O–H groups in total. The molecule has 0 saturated heterocycles. The van der Waals surface area contributed by atoms with Gasteiger partial charge in [-0.3, -0.25) is 4.99 Å². The van der Waals surface area contributed by atoms with Crippen molar-refractivity contribution in [2.45, 2.75) is 25.0 Å². The van der Waals surface area contributed by atoms with Crippen LogP contribution < -0.4 is 16.8 Å². The van der Waals surface area contributed by atoms with Gasteiger partial charge in [-0.25, -0.2) is 0 Å². The second kappa shape index (κ2) is 14.6. The van der Waals surface area contributed by atoms with E-state index in [1.54, 1.807) is 0 Å². The molecule has 4 unspecified atom stereocenters. The molecule has 6 heteroatoms. The number of para-hydroxylation sites is 1. The zero-order valence-electron chi connectivity index (χ0n) is 29.7. The fraction of sp³-hybridized carbons (Fsp3) is 0.104. The van der Waals surface area contributed by atoms with Crippen LogP contribution in [-0.2, 0) is 4.74 Å². The number of rotatable bonds is 9. The highest BCUT2D eigenvalue weighted by atomic mass is 16.5. The number of allylic oxidation sites excluding steroid dienone is 5. The molecule has 1 aromatic heterocycles. The van der Waals surface area contributed by atoms with Crippen molar-refractivity contribution in [3.63, 3.8) is 0 Å². The Labute approximate surface area is 314 Å². The summed E-state index contributed by atoms with van der Waals surface area (Å²) in [4.78, 5) is 5.14. The number of hydrogen-bond acceptors (Lipinski definition) is 6. The van der Waals surface area contributed by atoms with Crippen LogP contribution in [-0.4, -0.2) is 5.71 Å². The molecular weight excluding hydrogens is 665 g/mol. The number of furan rings is 1. The Hall–Kier alpha value is -6.31. The Bertz CT molecular complexity index is 2550. The van der Waals surface area contributed by atoms with E-state index in [1.165, 1.54) is 0 Å². The average molecular weight is 705 g/mol. The topological polar surface area (TPSA) is 98.8 Å². The molecule has 0 radical (unpaired) electrons. The number of fused-ring (bicyclic) bond motifs is 3. The molecular formula is C48H40N4O2. The van der Waals surface area contributed by atoms with Crippen LogP contribution in [0.1, 0.15) is 52.9 Å². The van der Waals surface area contributed by atoms with E-state index in [0.29, 0.717) is 0 Å². The number of nitrogens with two attached hydrogens (primary N) is 2. The standard InChI is InChI=1S/C48H40N4O2/c49-46(33-15-6-2-7-16-33)54-47(50)34-25-23-31(24-26-34)38-27-28-39(45-44(38)40-21-10-11-22-43(40)53-45)36-19-12-20-37(29-36)42-30-41(32-13-4-1-5-14-32)51-48(52-42)35-17-8-3-9-18-35/h1-19,21-30,37,46-48,52H,20,49-50H2. The van der Waals surface area contributed by atoms with Crippen molar-refractivity contribution in [3.8, 4) is 11.1 Å². The maximum atomic E-state index is 6.70. The second-order valence-electron chi connectivity index (χ2n) is 13.8. The quantitative estimate of drug-likeness (QED) is 0.130. The molecule has 2 aliphatic rings. The first-order chi connectivity index (χ1) is 26.6. The second-order valence-corrected chi connectivity index (χ2v) is 13.8. The van der Waals surface area contributed by atoms with Crippen molar-refractivity contribution in [2.24, 2.45) is 22.4 Å². The summed E-state index contributed by atoms with van der Waals surface area (Å²) in [6.45, 7) is 0. The van der Waals surface area contributed by atoms with Crippen molar-refractivity contribution in [1.29, 1.82) is 0 Å². The van der Waals surface area contributed by atoms with Crippen LogP contribution in [0.4, 0.5) is 0 Å². The van der Waals surface area contributed by atoms with E-state index in [2.05, 4.69) is 115 Å². The minimum absolute atomic E-state index is 0.124. The summed E-state index contributed by atoms with van der Waals surface area (Å²) in [5, 5.41) is 5.93. The molecule has 1 aliphatic heterocycles. The Balaban J connectivity index is 1.06. The minimum atomic E-state index is -0.670. The normalized spacial score (nSPS) is 18.1. The minimum Gasteiger partial charge on any atom is -0.455 e. The highest BCUT2D eigenvalue weighted by molar-refractivity contribution is 6.15. The summed E-state index contributed by atoms with van der Waals surface area (Å²) >= 11 is 0. The SMILES string of the molecule is NC(OC(N)c1ccc(-c2ccc(C3=CC(C4=CC(c5ccccc5)=NC(c5ccccc5)N4)CC=C3)c3oc4ccccc4c23)cc1)c1ccccc1. The maximum absolute atomic E-state index is 6.70. The lowest BCUT2D eigenvalue weighted by atomic mass is 9.87. The summed E-state index contributed by atoms with van der Waals surface area (Å²) < 4.78 is 12.7. The Morgan fingerprint density at radius 1 is 0.667 bits per heavy atom. The number of benzene rings is 6. The van der Waals surface area contributed by atoms with Gasteiger partial charge in [0, 0.05) is 28.0 Å². The van der Waals surface area contributed by atoms with Gasteiger partial charge in [0.05, 0.1) is 5.71 Å². The number of nitrogens with zero attached hydrogens (tertiary/aromatic N) is 1. The van der Waals surface area contributed by atoms with Crippen molar-refractivity contribution in [2.75, 3.05) is 0 Å². The van der Waals surface area contributed by atoms with E-state index in [-0.39, 0.29) is 12.1 Å². The molecule has 264 valence electrons. The predicted molar refractivity (Wildman–Crippen MR) is 219 cm³/mol. The predicted octanol–water partition coefficient (Wildman–Crippen LogP) is 10.5. The first-order valence-electron chi connectivity index (χ1n) is 18.4. The van der Waals surface area contributed by atoms with Gasteiger partial charge < -0.3 is 25.9 Å². The molecule has 6 nitrogen and oxygen atoms in total. The van der Waals surface area contributed by atoms with Gasteiger partial charge in [-0.05, 0) is 63.6 Å². The highest BCUT2D eigenvalue weighted by Crippen LogP contribution is 2.42. The van der Waals surface area contributed by atoms with Gasteiger partial charge in [0.25, 0.3) is 0 Å². The van der Waals surface area contributed by atoms with Gasteiger partial charge in [-0.15, -0.1) is 0 Å². The molecule has 7 aromatic rings. The number of aliphatic imine (C=N–C) groups is 1. The van der Waals surface area contributed by atoms with Crippen LogP contribution in [0, 0.1) is 5.92 Å². The number of hydrogen-bond donors (Lipinski definition) is 3.